The molecule has 0 amide bonds. The summed E-state index contributed by atoms with van der Waals surface area (Å²) in [5.74, 6) is 0. The van der Waals surface area contributed by atoms with E-state index >= 15 is 0 Å². The normalized spacial score (nSPS) is 12.5. The Kier molecular flexibility index (Phi) is 4.93. The average molecular weight is 240 g/mol. The van der Waals surface area contributed by atoms with Gasteiger partial charge in [-0.3, -0.25) is 4.79 Å². The Morgan fingerprint density at radius 3 is 2.62 bits per heavy atom. The van der Waals surface area contributed by atoms with Crippen LogP contribution >= 0.6 is 11.3 Å². The first-order valence-electron chi connectivity index (χ1n) is 5.81. The minimum Gasteiger partial charge on any atom is -0.348 e. The van der Waals surface area contributed by atoms with Gasteiger partial charge in [-0.05, 0) is 19.8 Å². The fourth-order valence-corrected chi connectivity index (χ4v) is 2.68. The van der Waals surface area contributed by atoms with Crippen LogP contribution < -0.4 is 4.90 Å². The molecule has 0 N–H and O–H groups in total. The van der Waals surface area contributed by atoms with Crippen LogP contribution in [0, 0.1) is 0 Å². The van der Waals surface area contributed by atoms with Gasteiger partial charge in [0.1, 0.15) is 0 Å². The number of anilines is 1. The average Bonchev–Trinajstić information content (AvgIpc) is 2.71. The highest BCUT2D eigenvalue weighted by atomic mass is 32.1. The summed E-state index contributed by atoms with van der Waals surface area (Å²) in [6.45, 7) is 6.40. The van der Waals surface area contributed by atoms with Crippen LogP contribution in [-0.4, -0.2) is 24.4 Å². The third-order valence-electron chi connectivity index (χ3n) is 2.83. The molecule has 0 aliphatic carbocycles. The summed E-state index contributed by atoms with van der Waals surface area (Å²) in [4.78, 5) is 18.3. The smallest absolute Gasteiger partial charge is 0.186 e. The molecule has 16 heavy (non-hydrogen) atoms. The largest absolute Gasteiger partial charge is 0.348 e. The monoisotopic (exact) mass is 240 g/mol. The van der Waals surface area contributed by atoms with Crippen molar-refractivity contribution in [2.75, 3.05) is 11.9 Å². The Labute approximate surface area is 101 Å². The molecule has 1 rings (SSSR count). The Morgan fingerprint density at radius 2 is 2.19 bits per heavy atom. The van der Waals surface area contributed by atoms with Crippen molar-refractivity contribution in [1.29, 1.82) is 0 Å². The lowest BCUT2D eigenvalue weighted by Gasteiger charge is -2.23. The molecular weight excluding hydrogens is 220 g/mol. The number of hydrogen-bond acceptors (Lipinski definition) is 4. The number of thiazole rings is 1. The first-order chi connectivity index (χ1) is 7.63. The highest BCUT2D eigenvalue weighted by Crippen LogP contribution is 2.26. The molecule has 1 heterocycles. The van der Waals surface area contributed by atoms with E-state index < -0.39 is 0 Å². The summed E-state index contributed by atoms with van der Waals surface area (Å²) in [7, 11) is 2.05. The van der Waals surface area contributed by atoms with Crippen LogP contribution in [0.1, 0.15) is 49.0 Å². The molecule has 0 radical (unpaired) electrons. The molecule has 3 nitrogen and oxygen atoms in total. The van der Waals surface area contributed by atoms with E-state index in [-0.39, 0.29) is 0 Å². The first kappa shape index (κ1) is 13.2. The van der Waals surface area contributed by atoms with E-state index in [4.69, 9.17) is 0 Å². The SMILES string of the molecule is CCCC(C)N(C)c1nc(CC)c(C=O)s1. The van der Waals surface area contributed by atoms with Gasteiger partial charge in [-0.15, -0.1) is 0 Å². The predicted molar refractivity (Wildman–Crippen MR) is 69.7 cm³/mol. The Balaban J connectivity index is 2.86. The van der Waals surface area contributed by atoms with Crippen LogP contribution in [0.3, 0.4) is 0 Å². The van der Waals surface area contributed by atoms with E-state index in [1.807, 2.05) is 14.0 Å². The van der Waals surface area contributed by atoms with Gasteiger partial charge in [0.2, 0.25) is 0 Å². The van der Waals surface area contributed by atoms with Crippen molar-refractivity contribution in [1.82, 2.24) is 4.98 Å². The molecule has 0 fully saturated rings. The summed E-state index contributed by atoms with van der Waals surface area (Å²) in [5, 5.41) is 0.958. The molecular formula is C12H20N2OS. The molecule has 1 aromatic rings. The lowest BCUT2D eigenvalue weighted by Crippen LogP contribution is -2.28. The van der Waals surface area contributed by atoms with E-state index in [1.165, 1.54) is 11.3 Å². The fraction of sp³-hybridized carbons (Fsp3) is 0.667. The molecule has 0 spiro atoms. The zero-order valence-electron chi connectivity index (χ0n) is 10.5. The van der Waals surface area contributed by atoms with Gasteiger partial charge >= 0.3 is 0 Å². The third-order valence-corrected chi connectivity index (χ3v) is 3.94. The first-order valence-corrected chi connectivity index (χ1v) is 6.63. The summed E-state index contributed by atoms with van der Waals surface area (Å²) in [6.07, 6.45) is 4.05. The van der Waals surface area contributed by atoms with Crippen molar-refractivity contribution in [3.05, 3.63) is 10.6 Å². The quantitative estimate of drug-likeness (QED) is 0.716. The van der Waals surface area contributed by atoms with Crippen LogP contribution in [0.4, 0.5) is 5.13 Å². The van der Waals surface area contributed by atoms with Crippen molar-refractivity contribution in [2.24, 2.45) is 0 Å². The minimum atomic E-state index is 0.473. The molecule has 90 valence electrons. The lowest BCUT2D eigenvalue weighted by atomic mass is 10.2. The number of carbonyl (C=O) groups is 1. The van der Waals surface area contributed by atoms with Crippen LogP contribution in [0.15, 0.2) is 0 Å². The van der Waals surface area contributed by atoms with Crippen LogP contribution in [0.2, 0.25) is 0 Å². The van der Waals surface area contributed by atoms with Crippen molar-refractivity contribution in [3.63, 3.8) is 0 Å². The van der Waals surface area contributed by atoms with Crippen molar-refractivity contribution >= 4 is 22.8 Å². The highest BCUT2D eigenvalue weighted by molar-refractivity contribution is 7.17. The molecule has 0 aromatic carbocycles. The van der Waals surface area contributed by atoms with E-state index in [0.29, 0.717) is 6.04 Å². The second-order valence-corrected chi connectivity index (χ2v) is 5.04. The van der Waals surface area contributed by atoms with E-state index in [2.05, 4.69) is 23.7 Å². The standard InChI is InChI=1S/C12H20N2OS/c1-5-7-9(3)14(4)12-13-10(6-2)11(8-15)16-12/h8-9H,5-7H2,1-4H3. The molecule has 4 heteroatoms. The van der Waals surface area contributed by atoms with E-state index in [9.17, 15) is 4.79 Å². The number of nitrogens with zero attached hydrogens (tertiary/aromatic N) is 2. The van der Waals surface area contributed by atoms with Gasteiger partial charge in [0.25, 0.3) is 0 Å². The number of hydrogen-bond donors (Lipinski definition) is 0. The summed E-state index contributed by atoms with van der Waals surface area (Å²) < 4.78 is 0. The molecule has 1 unspecified atom stereocenters. The lowest BCUT2D eigenvalue weighted by molar-refractivity contribution is 0.112. The Bertz CT molecular complexity index is 349. The topological polar surface area (TPSA) is 33.2 Å². The summed E-state index contributed by atoms with van der Waals surface area (Å²) >= 11 is 1.49. The summed E-state index contributed by atoms with van der Waals surface area (Å²) in [6, 6.07) is 0.473. The Morgan fingerprint density at radius 1 is 1.50 bits per heavy atom. The van der Waals surface area contributed by atoms with Gasteiger partial charge in [0.15, 0.2) is 11.4 Å². The minimum absolute atomic E-state index is 0.473. The van der Waals surface area contributed by atoms with Gasteiger partial charge in [-0.2, -0.15) is 0 Å². The fourth-order valence-electron chi connectivity index (χ4n) is 1.65. The third kappa shape index (κ3) is 2.82. The predicted octanol–water partition coefficient (Wildman–Crippen LogP) is 3.14. The zero-order chi connectivity index (χ0) is 12.1. The molecule has 0 bridgehead atoms. The molecule has 1 aromatic heterocycles. The van der Waals surface area contributed by atoms with E-state index in [1.54, 1.807) is 0 Å². The van der Waals surface area contributed by atoms with Gasteiger partial charge in [-0.25, -0.2) is 4.98 Å². The van der Waals surface area contributed by atoms with Gasteiger partial charge in [-0.1, -0.05) is 31.6 Å². The molecule has 0 saturated carbocycles. The van der Waals surface area contributed by atoms with E-state index in [0.717, 1.165) is 41.3 Å². The summed E-state index contributed by atoms with van der Waals surface area (Å²) in [5.41, 5.74) is 0.922. The molecule has 1 atom stereocenters. The second-order valence-electron chi connectivity index (χ2n) is 4.03. The van der Waals surface area contributed by atoms with Crippen LogP contribution in [-0.2, 0) is 6.42 Å². The van der Waals surface area contributed by atoms with Crippen LogP contribution in [0.25, 0.3) is 0 Å². The number of aldehydes is 1. The van der Waals surface area contributed by atoms with Crippen molar-refractivity contribution in [3.8, 4) is 0 Å². The Hall–Kier alpha value is -0.900. The maximum absolute atomic E-state index is 10.9. The number of rotatable bonds is 6. The van der Waals surface area contributed by atoms with Gasteiger partial charge in [0, 0.05) is 13.1 Å². The second kappa shape index (κ2) is 5.99. The van der Waals surface area contributed by atoms with Crippen molar-refractivity contribution in [2.45, 2.75) is 46.1 Å². The molecule has 0 aliphatic heterocycles. The highest BCUT2D eigenvalue weighted by Gasteiger charge is 2.15. The van der Waals surface area contributed by atoms with Crippen molar-refractivity contribution < 1.29 is 4.79 Å². The number of carbonyl (C=O) groups excluding carboxylic acids is 1. The molecule has 0 saturated heterocycles. The zero-order valence-corrected chi connectivity index (χ0v) is 11.3. The number of aryl methyl sites for hydroxylation is 1. The van der Waals surface area contributed by atoms with Gasteiger partial charge < -0.3 is 4.90 Å². The maximum atomic E-state index is 10.9. The van der Waals surface area contributed by atoms with Gasteiger partial charge in [0.05, 0.1) is 10.6 Å². The number of aromatic nitrogens is 1. The van der Waals surface area contributed by atoms with Crippen LogP contribution in [0.5, 0.6) is 0 Å². The molecule has 0 aliphatic rings. The maximum Gasteiger partial charge on any atom is 0.186 e.